The van der Waals surface area contributed by atoms with Gasteiger partial charge in [-0.25, -0.2) is 0 Å². The minimum Gasteiger partial charge on any atom is -0.376 e. The van der Waals surface area contributed by atoms with Crippen LogP contribution in [0.4, 0.5) is 0 Å². The topological polar surface area (TPSA) is 54.0 Å². The number of aromatic amines is 1. The fraction of sp³-hybridized carbons (Fsp3) is 0.333. The number of hydrogen-bond acceptors (Lipinski definition) is 4. The summed E-state index contributed by atoms with van der Waals surface area (Å²) < 4.78 is 5.64. The molecule has 0 atom stereocenters. The molecule has 1 N–H and O–H groups in total. The number of nitrogens with zero attached hydrogens (tertiary/aromatic N) is 3. The molecule has 0 radical (unpaired) electrons. The number of rotatable bonds is 6. The van der Waals surface area contributed by atoms with Crippen LogP contribution in [0.3, 0.4) is 0 Å². The molecule has 4 rings (SSSR count). The highest BCUT2D eigenvalue weighted by atomic mass is 16.5. The summed E-state index contributed by atoms with van der Waals surface area (Å²) in [5.74, 6) is 0. The Hall–Kier alpha value is -2.50. The summed E-state index contributed by atoms with van der Waals surface area (Å²) >= 11 is 0. The van der Waals surface area contributed by atoms with Gasteiger partial charge in [0.15, 0.2) is 0 Å². The van der Waals surface area contributed by atoms with E-state index in [9.17, 15) is 0 Å². The SMILES string of the molecule is Cc1cccc(CN(Cc2ccccn2)Cc2n[nH]c3c2COCC3)c1. The zero-order valence-electron chi connectivity index (χ0n) is 15.1. The zero-order valence-corrected chi connectivity index (χ0v) is 15.1. The maximum absolute atomic E-state index is 5.64. The van der Waals surface area contributed by atoms with Crippen LogP contribution >= 0.6 is 0 Å². The maximum atomic E-state index is 5.64. The molecule has 5 nitrogen and oxygen atoms in total. The predicted molar refractivity (Wildman–Crippen MR) is 100 cm³/mol. The van der Waals surface area contributed by atoms with Crippen LogP contribution < -0.4 is 0 Å². The third-order valence-electron chi connectivity index (χ3n) is 4.76. The number of fused-ring (bicyclic) bond motifs is 1. The standard InChI is InChI=1S/C21H24N4O/c1-16-5-4-6-17(11-16)12-25(13-18-7-2-3-9-22-18)14-21-19-15-26-10-8-20(19)23-24-21/h2-7,9,11H,8,10,12-15H2,1H3,(H,23,24). The monoisotopic (exact) mass is 348 g/mol. The summed E-state index contributed by atoms with van der Waals surface area (Å²) in [5, 5.41) is 7.77. The molecule has 0 saturated heterocycles. The number of pyridine rings is 1. The van der Waals surface area contributed by atoms with E-state index in [0.29, 0.717) is 6.61 Å². The van der Waals surface area contributed by atoms with Crippen molar-refractivity contribution in [1.82, 2.24) is 20.1 Å². The van der Waals surface area contributed by atoms with E-state index >= 15 is 0 Å². The number of benzene rings is 1. The van der Waals surface area contributed by atoms with Gasteiger partial charge in [0.25, 0.3) is 0 Å². The van der Waals surface area contributed by atoms with Crippen LogP contribution in [0.5, 0.6) is 0 Å². The van der Waals surface area contributed by atoms with Crippen molar-refractivity contribution in [2.75, 3.05) is 6.61 Å². The molecule has 3 aromatic rings. The Morgan fingerprint density at radius 2 is 2.08 bits per heavy atom. The number of hydrogen-bond donors (Lipinski definition) is 1. The van der Waals surface area contributed by atoms with Crippen molar-refractivity contribution in [1.29, 1.82) is 0 Å². The van der Waals surface area contributed by atoms with E-state index in [4.69, 9.17) is 4.74 Å². The lowest BCUT2D eigenvalue weighted by atomic mass is 10.1. The lowest BCUT2D eigenvalue weighted by molar-refractivity contribution is 0.108. The number of H-pyrrole nitrogens is 1. The lowest BCUT2D eigenvalue weighted by Gasteiger charge is -2.22. The largest absolute Gasteiger partial charge is 0.376 e. The average Bonchev–Trinajstić information content (AvgIpc) is 3.06. The minimum atomic E-state index is 0.656. The first-order valence-electron chi connectivity index (χ1n) is 9.08. The van der Waals surface area contributed by atoms with Gasteiger partial charge in [-0.3, -0.25) is 15.0 Å². The fourth-order valence-electron chi connectivity index (χ4n) is 3.47. The van der Waals surface area contributed by atoms with Crippen LogP contribution in [0, 0.1) is 6.92 Å². The molecule has 0 aliphatic carbocycles. The number of ether oxygens (including phenoxy) is 1. The summed E-state index contributed by atoms with van der Waals surface area (Å²) in [5.41, 5.74) is 7.20. The Labute approximate surface area is 154 Å². The van der Waals surface area contributed by atoms with Crippen LogP contribution in [0.25, 0.3) is 0 Å². The van der Waals surface area contributed by atoms with Crippen LogP contribution in [-0.4, -0.2) is 26.7 Å². The highest BCUT2D eigenvalue weighted by Crippen LogP contribution is 2.21. The van der Waals surface area contributed by atoms with E-state index in [2.05, 4.69) is 57.3 Å². The Morgan fingerprint density at radius 1 is 1.12 bits per heavy atom. The molecule has 0 saturated carbocycles. The van der Waals surface area contributed by atoms with E-state index in [1.165, 1.54) is 22.4 Å². The van der Waals surface area contributed by atoms with Gasteiger partial charge in [0, 0.05) is 43.5 Å². The van der Waals surface area contributed by atoms with Crippen LogP contribution in [0.1, 0.15) is 33.8 Å². The molecule has 2 aromatic heterocycles. The normalized spacial score (nSPS) is 13.8. The summed E-state index contributed by atoms with van der Waals surface area (Å²) in [6.45, 7) is 5.99. The number of nitrogens with one attached hydrogen (secondary N) is 1. The first-order valence-corrected chi connectivity index (χ1v) is 9.08. The predicted octanol–water partition coefficient (Wildman–Crippen LogP) is 3.39. The summed E-state index contributed by atoms with van der Waals surface area (Å²) in [4.78, 5) is 6.89. The number of aromatic nitrogens is 3. The molecular weight excluding hydrogens is 324 g/mol. The van der Waals surface area contributed by atoms with Gasteiger partial charge in [-0.2, -0.15) is 5.10 Å². The molecule has 0 unspecified atom stereocenters. The highest BCUT2D eigenvalue weighted by molar-refractivity contribution is 5.27. The van der Waals surface area contributed by atoms with Gasteiger partial charge < -0.3 is 4.74 Å². The Bertz CT molecular complexity index is 859. The van der Waals surface area contributed by atoms with E-state index in [0.717, 1.165) is 44.0 Å². The second kappa shape index (κ2) is 7.81. The van der Waals surface area contributed by atoms with E-state index in [1.54, 1.807) is 0 Å². The molecule has 3 heterocycles. The molecule has 26 heavy (non-hydrogen) atoms. The van der Waals surface area contributed by atoms with E-state index in [-0.39, 0.29) is 0 Å². The molecule has 0 spiro atoms. The molecule has 1 aliphatic rings. The lowest BCUT2D eigenvalue weighted by Crippen LogP contribution is -2.24. The van der Waals surface area contributed by atoms with Gasteiger partial charge in [-0.15, -0.1) is 0 Å². The first kappa shape index (κ1) is 16.9. The van der Waals surface area contributed by atoms with Gasteiger partial charge in [-0.1, -0.05) is 35.9 Å². The summed E-state index contributed by atoms with van der Waals surface area (Å²) in [6.07, 6.45) is 2.77. The van der Waals surface area contributed by atoms with Crippen LogP contribution in [0.15, 0.2) is 48.7 Å². The molecule has 0 bridgehead atoms. The van der Waals surface area contributed by atoms with Gasteiger partial charge in [0.1, 0.15) is 0 Å². The quantitative estimate of drug-likeness (QED) is 0.742. The molecule has 0 fully saturated rings. The Balaban J connectivity index is 1.56. The smallest absolute Gasteiger partial charge is 0.0820 e. The van der Waals surface area contributed by atoms with Gasteiger partial charge in [0.2, 0.25) is 0 Å². The number of aryl methyl sites for hydroxylation is 1. The van der Waals surface area contributed by atoms with Crippen molar-refractivity contribution >= 4 is 0 Å². The first-order chi connectivity index (χ1) is 12.8. The Kier molecular flexibility index (Phi) is 5.09. The molecule has 5 heteroatoms. The second-order valence-electron chi connectivity index (χ2n) is 6.89. The van der Waals surface area contributed by atoms with Crippen molar-refractivity contribution in [3.05, 3.63) is 82.4 Å². The van der Waals surface area contributed by atoms with E-state index in [1.807, 2.05) is 18.3 Å². The van der Waals surface area contributed by atoms with E-state index < -0.39 is 0 Å². The highest BCUT2D eigenvalue weighted by Gasteiger charge is 2.19. The summed E-state index contributed by atoms with van der Waals surface area (Å²) in [6, 6.07) is 14.7. The van der Waals surface area contributed by atoms with Gasteiger partial charge in [0.05, 0.1) is 24.6 Å². The molecule has 1 aliphatic heterocycles. The second-order valence-corrected chi connectivity index (χ2v) is 6.89. The molecular formula is C21H24N4O. The summed E-state index contributed by atoms with van der Waals surface area (Å²) in [7, 11) is 0. The van der Waals surface area contributed by atoms with Crippen molar-refractivity contribution in [2.45, 2.75) is 39.6 Å². The molecule has 0 amide bonds. The fourth-order valence-corrected chi connectivity index (χ4v) is 3.47. The van der Waals surface area contributed by atoms with Gasteiger partial charge >= 0.3 is 0 Å². The van der Waals surface area contributed by atoms with Crippen molar-refractivity contribution in [3.8, 4) is 0 Å². The third-order valence-corrected chi connectivity index (χ3v) is 4.76. The van der Waals surface area contributed by atoms with Gasteiger partial charge in [-0.05, 0) is 24.6 Å². The average molecular weight is 348 g/mol. The Morgan fingerprint density at radius 3 is 2.92 bits per heavy atom. The molecule has 134 valence electrons. The molecule has 1 aromatic carbocycles. The van der Waals surface area contributed by atoms with Crippen molar-refractivity contribution in [2.24, 2.45) is 0 Å². The van der Waals surface area contributed by atoms with Crippen molar-refractivity contribution in [3.63, 3.8) is 0 Å². The third kappa shape index (κ3) is 4.00. The van der Waals surface area contributed by atoms with Crippen molar-refractivity contribution < 1.29 is 4.74 Å². The minimum absolute atomic E-state index is 0.656. The van der Waals surface area contributed by atoms with Crippen LogP contribution in [0.2, 0.25) is 0 Å². The van der Waals surface area contributed by atoms with Crippen LogP contribution in [-0.2, 0) is 37.4 Å². The maximum Gasteiger partial charge on any atom is 0.0820 e. The zero-order chi connectivity index (χ0) is 17.8.